The van der Waals surface area contributed by atoms with Gasteiger partial charge in [0.1, 0.15) is 10.7 Å². The van der Waals surface area contributed by atoms with Crippen molar-refractivity contribution < 1.29 is 12.8 Å². The maximum Gasteiger partial charge on any atom is 0.178 e. The van der Waals surface area contributed by atoms with Crippen molar-refractivity contribution in [3.8, 4) is 11.4 Å². The fourth-order valence-electron chi connectivity index (χ4n) is 2.82. The number of hydrogen-bond acceptors (Lipinski definition) is 5. The minimum Gasteiger partial charge on any atom is -0.316 e. The predicted octanol–water partition coefficient (Wildman–Crippen LogP) is 2.15. The summed E-state index contributed by atoms with van der Waals surface area (Å²) >= 11 is 0. The van der Waals surface area contributed by atoms with Gasteiger partial charge < -0.3 is 5.32 Å². The van der Waals surface area contributed by atoms with E-state index in [0.29, 0.717) is 12.2 Å². The molecule has 5 nitrogen and oxygen atoms in total. The maximum absolute atomic E-state index is 14.0. The molecular formula is C16H18FN3O2S. The molecule has 2 heterocycles. The standard InChI is InChI=1S/C16H18FN3O2S/c1-23(21,22)14-10-19-16(12-6-2-3-7-13(12)17)20-15(14)11-5-4-8-18-9-11/h2-3,6-7,10-11,18H,4-5,8-9H2,1H3/t11-/m0/s1. The van der Waals surface area contributed by atoms with Crippen molar-refractivity contribution in [1.82, 2.24) is 15.3 Å². The van der Waals surface area contributed by atoms with E-state index in [9.17, 15) is 12.8 Å². The molecule has 1 saturated heterocycles. The van der Waals surface area contributed by atoms with Gasteiger partial charge in [0.2, 0.25) is 0 Å². The number of nitrogens with one attached hydrogen (secondary N) is 1. The largest absolute Gasteiger partial charge is 0.316 e. The normalized spacial score (nSPS) is 18.8. The van der Waals surface area contributed by atoms with E-state index < -0.39 is 15.7 Å². The Morgan fingerprint density at radius 3 is 2.74 bits per heavy atom. The van der Waals surface area contributed by atoms with Gasteiger partial charge in [0.25, 0.3) is 0 Å². The Bertz CT molecular complexity index is 818. The van der Waals surface area contributed by atoms with Crippen LogP contribution in [0.3, 0.4) is 0 Å². The zero-order valence-electron chi connectivity index (χ0n) is 12.8. The van der Waals surface area contributed by atoms with E-state index >= 15 is 0 Å². The molecule has 7 heteroatoms. The highest BCUT2D eigenvalue weighted by molar-refractivity contribution is 7.90. The van der Waals surface area contributed by atoms with Crippen LogP contribution in [0.4, 0.5) is 4.39 Å². The molecule has 1 N–H and O–H groups in total. The third kappa shape index (κ3) is 3.40. The molecule has 122 valence electrons. The molecule has 1 aliphatic rings. The van der Waals surface area contributed by atoms with Gasteiger partial charge in [0.15, 0.2) is 15.7 Å². The van der Waals surface area contributed by atoms with E-state index in [4.69, 9.17) is 0 Å². The van der Waals surface area contributed by atoms with E-state index in [-0.39, 0.29) is 22.2 Å². The summed E-state index contributed by atoms with van der Waals surface area (Å²) in [6.07, 6.45) is 4.25. The first-order valence-electron chi connectivity index (χ1n) is 7.49. The minimum atomic E-state index is -3.44. The Kier molecular flexibility index (Phi) is 4.41. The number of sulfone groups is 1. The third-order valence-corrected chi connectivity index (χ3v) is 5.09. The van der Waals surface area contributed by atoms with Gasteiger partial charge in [-0.15, -0.1) is 0 Å². The predicted molar refractivity (Wildman–Crippen MR) is 85.4 cm³/mol. The zero-order chi connectivity index (χ0) is 16.4. The molecule has 1 aromatic heterocycles. The summed E-state index contributed by atoms with van der Waals surface area (Å²) in [5, 5.41) is 3.25. The van der Waals surface area contributed by atoms with Gasteiger partial charge in [0.05, 0.1) is 11.3 Å². The summed E-state index contributed by atoms with van der Waals surface area (Å²) in [5.41, 5.74) is 0.755. The molecule has 0 amide bonds. The van der Waals surface area contributed by atoms with Crippen LogP contribution < -0.4 is 5.32 Å². The van der Waals surface area contributed by atoms with Crippen LogP contribution in [-0.2, 0) is 9.84 Å². The molecule has 0 aliphatic carbocycles. The van der Waals surface area contributed by atoms with Crippen molar-refractivity contribution in [2.75, 3.05) is 19.3 Å². The van der Waals surface area contributed by atoms with Gasteiger partial charge >= 0.3 is 0 Å². The molecule has 0 saturated carbocycles. The minimum absolute atomic E-state index is 0.0120. The van der Waals surface area contributed by atoms with Crippen LogP contribution >= 0.6 is 0 Å². The van der Waals surface area contributed by atoms with Crippen molar-refractivity contribution in [3.63, 3.8) is 0 Å². The first-order valence-corrected chi connectivity index (χ1v) is 9.38. The zero-order valence-corrected chi connectivity index (χ0v) is 13.6. The van der Waals surface area contributed by atoms with E-state index in [2.05, 4.69) is 15.3 Å². The Labute approximate surface area is 134 Å². The smallest absolute Gasteiger partial charge is 0.178 e. The average molecular weight is 335 g/mol. The van der Waals surface area contributed by atoms with E-state index in [1.54, 1.807) is 18.2 Å². The van der Waals surface area contributed by atoms with E-state index in [1.165, 1.54) is 12.3 Å². The highest BCUT2D eigenvalue weighted by Gasteiger charge is 2.25. The van der Waals surface area contributed by atoms with Gasteiger partial charge in [-0.3, -0.25) is 0 Å². The number of piperidine rings is 1. The van der Waals surface area contributed by atoms with Gasteiger partial charge in [0, 0.05) is 24.9 Å². The number of aromatic nitrogens is 2. The van der Waals surface area contributed by atoms with Crippen molar-refractivity contribution in [1.29, 1.82) is 0 Å². The average Bonchev–Trinajstić information content (AvgIpc) is 2.55. The second-order valence-electron chi connectivity index (χ2n) is 5.74. The Morgan fingerprint density at radius 1 is 1.30 bits per heavy atom. The summed E-state index contributed by atoms with van der Waals surface area (Å²) in [4.78, 5) is 8.64. The van der Waals surface area contributed by atoms with Gasteiger partial charge in [-0.25, -0.2) is 22.8 Å². The Morgan fingerprint density at radius 2 is 2.09 bits per heavy atom. The summed E-state index contributed by atoms with van der Waals surface area (Å²) in [6.45, 7) is 1.58. The molecule has 1 atom stereocenters. The molecule has 0 radical (unpaired) electrons. The SMILES string of the molecule is CS(=O)(=O)c1cnc(-c2ccccc2F)nc1[C@H]1CCCNC1. The maximum atomic E-state index is 14.0. The van der Waals surface area contributed by atoms with Crippen LogP contribution in [0.25, 0.3) is 11.4 Å². The molecular weight excluding hydrogens is 317 g/mol. The number of hydrogen-bond donors (Lipinski definition) is 1. The monoisotopic (exact) mass is 335 g/mol. The van der Waals surface area contributed by atoms with Crippen LogP contribution in [0.1, 0.15) is 24.5 Å². The molecule has 2 aromatic rings. The summed E-state index contributed by atoms with van der Waals surface area (Å²) in [6, 6.07) is 6.22. The van der Waals surface area contributed by atoms with Crippen molar-refractivity contribution >= 4 is 9.84 Å². The first kappa shape index (κ1) is 16.0. The van der Waals surface area contributed by atoms with Crippen LogP contribution in [0, 0.1) is 5.82 Å². The molecule has 1 aliphatic heterocycles. The first-order chi connectivity index (χ1) is 11.0. The molecule has 1 fully saturated rings. The molecule has 1 aromatic carbocycles. The number of nitrogens with zero attached hydrogens (tertiary/aromatic N) is 2. The molecule has 0 bridgehead atoms. The number of rotatable bonds is 3. The van der Waals surface area contributed by atoms with Crippen LogP contribution in [0.2, 0.25) is 0 Å². The lowest BCUT2D eigenvalue weighted by molar-refractivity contribution is 0.448. The topological polar surface area (TPSA) is 72.0 Å². The molecule has 23 heavy (non-hydrogen) atoms. The highest BCUT2D eigenvalue weighted by Crippen LogP contribution is 2.29. The van der Waals surface area contributed by atoms with Crippen molar-refractivity contribution in [2.24, 2.45) is 0 Å². The quantitative estimate of drug-likeness (QED) is 0.930. The van der Waals surface area contributed by atoms with Crippen LogP contribution in [-0.4, -0.2) is 37.7 Å². The summed E-state index contributed by atoms with van der Waals surface area (Å²) in [5.74, 6) is -0.217. The lowest BCUT2D eigenvalue weighted by Gasteiger charge is -2.24. The van der Waals surface area contributed by atoms with Crippen LogP contribution in [0.5, 0.6) is 0 Å². The van der Waals surface area contributed by atoms with Crippen molar-refractivity contribution in [3.05, 3.63) is 42.0 Å². The molecule has 0 spiro atoms. The van der Waals surface area contributed by atoms with E-state index in [0.717, 1.165) is 25.6 Å². The lowest BCUT2D eigenvalue weighted by atomic mass is 9.96. The molecule has 3 rings (SSSR count). The number of halogens is 1. The summed E-state index contributed by atoms with van der Waals surface area (Å²) < 4.78 is 38.0. The van der Waals surface area contributed by atoms with Gasteiger partial charge in [-0.05, 0) is 31.5 Å². The van der Waals surface area contributed by atoms with Gasteiger partial charge in [-0.1, -0.05) is 12.1 Å². The highest BCUT2D eigenvalue weighted by atomic mass is 32.2. The third-order valence-electron chi connectivity index (χ3n) is 3.98. The fraction of sp³-hybridized carbons (Fsp3) is 0.375. The van der Waals surface area contributed by atoms with Gasteiger partial charge in [-0.2, -0.15) is 0 Å². The second kappa shape index (κ2) is 6.33. The van der Waals surface area contributed by atoms with Crippen LogP contribution in [0.15, 0.2) is 35.4 Å². The Balaban J connectivity index is 2.13. The van der Waals surface area contributed by atoms with E-state index in [1.807, 2.05) is 0 Å². The molecule has 0 unspecified atom stereocenters. The Hall–Kier alpha value is -1.86. The van der Waals surface area contributed by atoms with Crippen molar-refractivity contribution in [2.45, 2.75) is 23.7 Å². The summed E-state index contributed by atoms with van der Waals surface area (Å²) in [7, 11) is -3.44. The lowest BCUT2D eigenvalue weighted by Crippen LogP contribution is -2.30. The number of benzene rings is 1. The second-order valence-corrected chi connectivity index (χ2v) is 7.72. The fourth-order valence-corrected chi connectivity index (χ4v) is 3.66.